The van der Waals surface area contributed by atoms with Crippen LogP contribution in [0.1, 0.15) is 23.1 Å². The van der Waals surface area contributed by atoms with Crippen LogP contribution in [0.3, 0.4) is 0 Å². The molecule has 0 heterocycles. The third-order valence-corrected chi connectivity index (χ3v) is 3.56. The smallest absolute Gasteiger partial charge is 0.303 e. The number of rotatable bonds is 9. The van der Waals surface area contributed by atoms with Crippen molar-refractivity contribution in [3.05, 3.63) is 83.4 Å². The summed E-state index contributed by atoms with van der Waals surface area (Å²) in [6, 6.07) is 18.1. The first-order valence-electron chi connectivity index (χ1n) is 7.81. The summed E-state index contributed by atoms with van der Waals surface area (Å²) in [5.74, 6) is -0.760. The number of benzene rings is 2. The van der Waals surface area contributed by atoms with Gasteiger partial charge in [0.2, 0.25) is 0 Å². The first-order valence-corrected chi connectivity index (χ1v) is 7.81. The first-order chi connectivity index (χ1) is 11.3. The normalized spacial score (nSPS) is 11.0. The van der Waals surface area contributed by atoms with E-state index in [4.69, 9.17) is 9.84 Å². The van der Waals surface area contributed by atoms with Gasteiger partial charge in [-0.1, -0.05) is 66.7 Å². The summed E-state index contributed by atoms with van der Waals surface area (Å²) in [5, 5.41) is 8.80. The molecule has 2 rings (SSSR count). The van der Waals surface area contributed by atoms with E-state index >= 15 is 0 Å². The number of carbonyl (C=O) groups is 1. The quantitative estimate of drug-likeness (QED) is 0.562. The number of carboxylic acid groups (broad SMARTS) is 1. The maximum absolute atomic E-state index is 10.7. The van der Waals surface area contributed by atoms with Crippen LogP contribution in [0.25, 0.3) is 0 Å². The summed E-state index contributed by atoms with van der Waals surface area (Å²) >= 11 is 0. The SMILES string of the molecule is O=C(O)CCc1ccccc1C/C=C\COCc1ccccc1. The molecule has 0 aliphatic heterocycles. The summed E-state index contributed by atoms with van der Waals surface area (Å²) in [6.07, 6.45) is 5.62. The van der Waals surface area contributed by atoms with E-state index in [0.717, 1.165) is 12.0 Å². The number of hydrogen-bond acceptors (Lipinski definition) is 2. The van der Waals surface area contributed by atoms with Crippen molar-refractivity contribution in [1.29, 1.82) is 0 Å². The summed E-state index contributed by atoms with van der Waals surface area (Å²) in [4.78, 5) is 10.7. The number of aliphatic carboxylic acids is 1. The Bertz CT molecular complexity index is 632. The van der Waals surface area contributed by atoms with Crippen molar-refractivity contribution in [1.82, 2.24) is 0 Å². The molecule has 0 amide bonds. The predicted octanol–water partition coefficient (Wildman–Crippen LogP) is 4.02. The molecule has 3 heteroatoms. The van der Waals surface area contributed by atoms with Gasteiger partial charge in [-0.05, 0) is 29.5 Å². The van der Waals surface area contributed by atoms with Crippen molar-refractivity contribution in [2.45, 2.75) is 25.9 Å². The number of aryl methyl sites for hydroxylation is 1. The van der Waals surface area contributed by atoms with E-state index in [1.807, 2.05) is 60.7 Å². The molecule has 0 saturated heterocycles. The maximum Gasteiger partial charge on any atom is 0.303 e. The lowest BCUT2D eigenvalue weighted by atomic mass is 10.0. The molecule has 0 atom stereocenters. The van der Waals surface area contributed by atoms with E-state index in [-0.39, 0.29) is 6.42 Å². The molecule has 0 radical (unpaired) electrons. The van der Waals surface area contributed by atoms with Crippen LogP contribution >= 0.6 is 0 Å². The fraction of sp³-hybridized carbons (Fsp3) is 0.250. The number of carboxylic acids is 1. The molecule has 0 aliphatic carbocycles. The van der Waals surface area contributed by atoms with Gasteiger partial charge in [-0.2, -0.15) is 0 Å². The number of allylic oxidation sites excluding steroid dienone is 1. The highest BCUT2D eigenvalue weighted by Gasteiger charge is 2.03. The highest BCUT2D eigenvalue weighted by molar-refractivity contribution is 5.67. The second-order valence-electron chi connectivity index (χ2n) is 5.34. The molecule has 2 aromatic carbocycles. The Morgan fingerprint density at radius 1 is 0.957 bits per heavy atom. The molecule has 0 fully saturated rings. The van der Waals surface area contributed by atoms with E-state index in [9.17, 15) is 4.79 Å². The molecule has 3 nitrogen and oxygen atoms in total. The summed E-state index contributed by atoms with van der Waals surface area (Å²) in [6.45, 7) is 1.19. The van der Waals surface area contributed by atoms with Crippen LogP contribution in [0.5, 0.6) is 0 Å². The predicted molar refractivity (Wildman–Crippen MR) is 91.3 cm³/mol. The molecular weight excluding hydrogens is 288 g/mol. The topological polar surface area (TPSA) is 46.5 Å². The second-order valence-corrected chi connectivity index (χ2v) is 5.34. The first kappa shape index (κ1) is 17.0. The lowest BCUT2D eigenvalue weighted by molar-refractivity contribution is -0.136. The van der Waals surface area contributed by atoms with Crippen molar-refractivity contribution >= 4 is 5.97 Å². The van der Waals surface area contributed by atoms with E-state index in [1.54, 1.807) is 0 Å². The van der Waals surface area contributed by atoms with Gasteiger partial charge in [0.05, 0.1) is 13.2 Å². The molecule has 0 bridgehead atoms. The van der Waals surface area contributed by atoms with Gasteiger partial charge in [0.25, 0.3) is 0 Å². The minimum Gasteiger partial charge on any atom is -0.481 e. The van der Waals surface area contributed by atoms with E-state index in [1.165, 1.54) is 11.1 Å². The van der Waals surface area contributed by atoms with Crippen molar-refractivity contribution in [2.24, 2.45) is 0 Å². The molecule has 0 unspecified atom stereocenters. The van der Waals surface area contributed by atoms with Crippen LogP contribution in [0.4, 0.5) is 0 Å². The highest BCUT2D eigenvalue weighted by atomic mass is 16.5. The van der Waals surface area contributed by atoms with Crippen molar-refractivity contribution < 1.29 is 14.6 Å². The van der Waals surface area contributed by atoms with Crippen molar-refractivity contribution in [3.8, 4) is 0 Å². The molecule has 0 saturated carbocycles. The minimum atomic E-state index is -0.760. The van der Waals surface area contributed by atoms with E-state index in [0.29, 0.717) is 19.6 Å². The molecule has 120 valence electrons. The largest absolute Gasteiger partial charge is 0.481 e. The Labute approximate surface area is 137 Å². The van der Waals surface area contributed by atoms with Crippen molar-refractivity contribution in [3.63, 3.8) is 0 Å². The van der Waals surface area contributed by atoms with Gasteiger partial charge in [-0.15, -0.1) is 0 Å². The Balaban J connectivity index is 1.75. The van der Waals surface area contributed by atoms with Crippen LogP contribution in [0, 0.1) is 0 Å². The molecule has 0 aliphatic rings. The van der Waals surface area contributed by atoms with Crippen molar-refractivity contribution in [2.75, 3.05) is 6.61 Å². The Kier molecular flexibility index (Phi) is 7.08. The lowest BCUT2D eigenvalue weighted by Crippen LogP contribution is -2.00. The Morgan fingerprint density at radius 2 is 1.65 bits per heavy atom. The van der Waals surface area contributed by atoms with E-state index < -0.39 is 5.97 Å². The lowest BCUT2D eigenvalue weighted by Gasteiger charge is -2.06. The average molecular weight is 310 g/mol. The van der Waals surface area contributed by atoms with Gasteiger partial charge in [-0.3, -0.25) is 4.79 Å². The molecule has 2 aromatic rings. The molecule has 23 heavy (non-hydrogen) atoms. The molecule has 0 spiro atoms. The Hall–Kier alpha value is -2.39. The van der Waals surface area contributed by atoms with Gasteiger partial charge >= 0.3 is 5.97 Å². The van der Waals surface area contributed by atoms with Crippen LogP contribution in [-0.2, 0) is 29.0 Å². The standard InChI is InChI=1S/C20H22O3/c21-20(22)14-13-19-11-5-4-10-18(19)12-6-7-15-23-16-17-8-2-1-3-9-17/h1-11H,12-16H2,(H,21,22)/b7-6-. The Morgan fingerprint density at radius 3 is 2.39 bits per heavy atom. The zero-order valence-electron chi connectivity index (χ0n) is 13.2. The number of hydrogen-bond donors (Lipinski definition) is 1. The van der Waals surface area contributed by atoms with Crippen LogP contribution in [0.15, 0.2) is 66.7 Å². The zero-order chi connectivity index (χ0) is 16.3. The monoisotopic (exact) mass is 310 g/mol. The summed E-state index contributed by atoms with van der Waals surface area (Å²) in [5.41, 5.74) is 3.44. The van der Waals surface area contributed by atoms with Crippen LogP contribution in [0.2, 0.25) is 0 Å². The average Bonchev–Trinajstić information content (AvgIpc) is 2.58. The van der Waals surface area contributed by atoms with Crippen LogP contribution in [-0.4, -0.2) is 17.7 Å². The fourth-order valence-corrected chi connectivity index (χ4v) is 2.34. The molecule has 1 N–H and O–H groups in total. The van der Waals surface area contributed by atoms with Crippen LogP contribution < -0.4 is 0 Å². The maximum atomic E-state index is 10.7. The molecule has 0 aromatic heterocycles. The summed E-state index contributed by atoms with van der Waals surface area (Å²) in [7, 11) is 0. The van der Waals surface area contributed by atoms with Gasteiger partial charge < -0.3 is 9.84 Å². The third-order valence-electron chi connectivity index (χ3n) is 3.56. The van der Waals surface area contributed by atoms with Gasteiger partial charge in [0.15, 0.2) is 0 Å². The van der Waals surface area contributed by atoms with Gasteiger partial charge in [0.1, 0.15) is 0 Å². The minimum absolute atomic E-state index is 0.168. The molecular formula is C20H22O3. The zero-order valence-corrected chi connectivity index (χ0v) is 13.2. The van der Waals surface area contributed by atoms with Gasteiger partial charge in [0, 0.05) is 6.42 Å². The summed E-state index contributed by atoms with van der Waals surface area (Å²) < 4.78 is 5.60. The third kappa shape index (κ3) is 6.49. The van der Waals surface area contributed by atoms with E-state index in [2.05, 4.69) is 6.08 Å². The van der Waals surface area contributed by atoms with Gasteiger partial charge in [-0.25, -0.2) is 0 Å². The number of ether oxygens (including phenoxy) is 1. The fourth-order valence-electron chi connectivity index (χ4n) is 2.34. The second kappa shape index (κ2) is 9.59. The highest BCUT2D eigenvalue weighted by Crippen LogP contribution is 2.12.